The molecule has 0 heterocycles. The Kier molecular flexibility index (Phi) is 7.95. The second kappa shape index (κ2) is 11.1. The summed E-state index contributed by atoms with van der Waals surface area (Å²) < 4.78 is 6.21. The van der Waals surface area contributed by atoms with Gasteiger partial charge in [-0.25, -0.2) is 0 Å². The summed E-state index contributed by atoms with van der Waals surface area (Å²) in [6.45, 7) is 4.41. The molecule has 0 saturated heterocycles. The average molecular weight is 476 g/mol. The van der Waals surface area contributed by atoms with Crippen molar-refractivity contribution in [2.45, 2.75) is 64.5 Å². The van der Waals surface area contributed by atoms with Crippen LogP contribution in [-0.2, 0) is 6.61 Å². The molecule has 1 aliphatic rings. The van der Waals surface area contributed by atoms with E-state index in [1.165, 1.54) is 37.7 Å². The van der Waals surface area contributed by atoms with Crippen molar-refractivity contribution >= 4 is 17.5 Å². The maximum Gasteiger partial charge on any atom is 0.253 e. The number of carbonyl (C=O) groups excluding carboxylic acids is 1. The summed E-state index contributed by atoms with van der Waals surface area (Å²) >= 11 is 6.11. The third-order valence-corrected chi connectivity index (χ3v) is 7.21. The number of benzene rings is 3. The first kappa shape index (κ1) is 24.3. The highest BCUT2D eigenvalue weighted by Crippen LogP contribution is 2.34. The minimum Gasteiger partial charge on any atom is -0.489 e. The molecular weight excluding hydrogens is 442 g/mol. The highest BCUT2D eigenvalue weighted by Gasteiger charge is 2.18. The number of hydrogen-bond donors (Lipinski definition) is 0. The fourth-order valence-electron chi connectivity index (χ4n) is 4.63. The van der Waals surface area contributed by atoms with E-state index < -0.39 is 0 Å². The van der Waals surface area contributed by atoms with E-state index in [0.717, 1.165) is 22.4 Å². The standard InChI is InChI=1S/C30H34ClNO2/c1-21(2)32(3)30(33)25-13-18-29(24-9-14-27(31)15-10-24)26(19-25)20-34-28-16-11-23(12-17-28)22-7-5-4-6-8-22/h9-19,21-22H,4-8,20H2,1-3H3. The van der Waals surface area contributed by atoms with Gasteiger partial charge < -0.3 is 9.64 Å². The van der Waals surface area contributed by atoms with Crippen LogP contribution in [0.5, 0.6) is 5.75 Å². The van der Waals surface area contributed by atoms with Gasteiger partial charge in [0.1, 0.15) is 12.4 Å². The Morgan fingerprint density at radius 2 is 1.65 bits per heavy atom. The van der Waals surface area contributed by atoms with Crippen LogP contribution >= 0.6 is 11.6 Å². The molecule has 1 saturated carbocycles. The van der Waals surface area contributed by atoms with E-state index in [4.69, 9.17) is 16.3 Å². The molecule has 0 bridgehead atoms. The first-order valence-corrected chi connectivity index (χ1v) is 12.7. The highest BCUT2D eigenvalue weighted by molar-refractivity contribution is 6.30. The number of carbonyl (C=O) groups is 1. The molecule has 178 valence electrons. The minimum absolute atomic E-state index is 0.00995. The molecule has 3 aromatic carbocycles. The van der Waals surface area contributed by atoms with Gasteiger partial charge in [-0.05, 0) is 91.3 Å². The molecule has 4 heteroatoms. The molecule has 0 aliphatic heterocycles. The Labute approximate surface area is 208 Å². The van der Waals surface area contributed by atoms with Crippen molar-refractivity contribution < 1.29 is 9.53 Å². The van der Waals surface area contributed by atoms with Gasteiger partial charge in [0.15, 0.2) is 0 Å². The van der Waals surface area contributed by atoms with Crippen LogP contribution in [0, 0.1) is 0 Å². The summed E-state index contributed by atoms with van der Waals surface area (Å²) in [5.41, 5.74) is 5.14. The van der Waals surface area contributed by atoms with Crippen LogP contribution in [0.15, 0.2) is 66.7 Å². The Bertz CT molecular complexity index is 1100. The summed E-state index contributed by atoms with van der Waals surface area (Å²) in [5, 5.41) is 0.699. The van der Waals surface area contributed by atoms with Crippen molar-refractivity contribution in [2.75, 3.05) is 7.05 Å². The lowest BCUT2D eigenvalue weighted by molar-refractivity contribution is 0.0755. The summed E-state index contributed by atoms with van der Waals surface area (Å²) in [6, 6.07) is 22.3. The fourth-order valence-corrected chi connectivity index (χ4v) is 4.75. The van der Waals surface area contributed by atoms with E-state index in [9.17, 15) is 4.79 Å². The lowest BCUT2D eigenvalue weighted by Crippen LogP contribution is -2.33. The Morgan fingerprint density at radius 3 is 2.29 bits per heavy atom. The molecule has 34 heavy (non-hydrogen) atoms. The molecule has 0 spiro atoms. The zero-order chi connectivity index (χ0) is 24.1. The topological polar surface area (TPSA) is 29.5 Å². The number of nitrogens with zero attached hydrogens (tertiary/aromatic N) is 1. The van der Waals surface area contributed by atoms with Crippen molar-refractivity contribution in [3.63, 3.8) is 0 Å². The molecule has 3 nitrogen and oxygen atoms in total. The Hall–Kier alpha value is -2.78. The number of hydrogen-bond acceptors (Lipinski definition) is 2. The molecule has 1 aliphatic carbocycles. The molecule has 0 N–H and O–H groups in total. The monoisotopic (exact) mass is 475 g/mol. The van der Waals surface area contributed by atoms with E-state index in [-0.39, 0.29) is 11.9 Å². The van der Waals surface area contributed by atoms with Crippen molar-refractivity contribution in [3.8, 4) is 16.9 Å². The van der Waals surface area contributed by atoms with Gasteiger partial charge in [-0.15, -0.1) is 0 Å². The van der Waals surface area contributed by atoms with Crippen LogP contribution < -0.4 is 4.74 Å². The van der Waals surface area contributed by atoms with Gasteiger partial charge in [-0.3, -0.25) is 4.79 Å². The molecule has 0 aromatic heterocycles. The highest BCUT2D eigenvalue weighted by atomic mass is 35.5. The van der Waals surface area contributed by atoms with Crippen molar-refractivity contribution in [1.29, 1.82) is 0 Å². The Morgan fingerprint density at radius 1 is 0.971 bits per heavy atom. The van der Waals surface area contributed by atoms with Crippen LogP contribution in [-0.4, -0.2) is 23.9 Å². The van der Waals surface area contributed by atoms with Gasteiger partial charge in [-0.1, -0.05) is 61.2 Å². The predicted molar refractivity (Wildman–Crippen MR) is 141 cm³/mol. The van der Waals surface area contributed by atoms with Crippen LogP contribution in [0.4, 0.5) is 0 Å². The van der Waals surface area contributed by atoms with E-state index in [1.54, 1.807) is 4.90 Å². The number of amides is 1. The molecule has 0 atom stereocenters. The van der Waals surface area contributed by atoms with E-state index in [1.807, 2.05) is 63.4 Å². The molecule has 4 rings (SSSR count). The van der Waals surface area contributed by atoms with Crippen molar-refractivity contribution in [2.24, 2.45) is 0 Å². The lowest BCUT2D eigenvalue weighted by atomic mass is 9.84. The quantitative estimate of drug-likeness (QED) is 0.345. The second-order valence-corrected chi connectivity index (χ2v) is 10.0. The van der Waals surface area contributed by atoms with Crippen LogP contribution in [0.2, 0.25) is 5.02 Å². The van der Waals surface area contributed by atoms with Gasteiger partial charge in [-0.2, -0.15) is 0 Å². The SMILES string of the molecule is CC(C)N(C)C(=O)c1ccc(-c2ccc(Cl)cc2)c(COc2ccc(C3CCCCC3)cc2)c1. The van der Waals surface area contributed by atoms with Gasteiger partial charge in [0.2, 0.25) is 0 Å². The summed E-state index contributed by atoms with van der Waals surface area (Å²) in [7, 11) is 1.84. The number of ether oxygens (including phenoxy) is 1. The Balaban J connectivity index is 1.57. The summed E-state index contributed by atoms with van der Waals surface area (Å²) in [6.07, 6.45) is 6.60. The van der Waals surface area contributed by atoms with Crippen LogP contribution in [0.3, 0.4) is 0 Å². The normalized spacial score (nSPS) is 14.3. The molecule has 3 aromatic rings. The first-order valence-electron chi connectivity index (χ1n) is 12.3. The second-order valence-electron chi connectivity index (χ2n) is 9.58. The lowest BCUT2D eigenvalue weighted by Gasteiger charge is -2.22. The molecule has 0 radical (unpaired) electrons. The van der Waals surface area contributed by atoms with Crippen molar-refractivity contribution in [1.82, 2.24) is 4.90 Å². The number of rotatable bonds is 7. The minimum atomic E-state index is 0.00995. The first-order chi connectivity index (χ1) is 16.4. The third kappa shape index (κ3) is 5.82. The molecule has 0 unspecified atom stereocenters. The van der Waals surface area contributed by atoms with Gasteiger partial charge in [0.05, 0.1) is 0 Å². The smallest absolute Gasteiger partial charge is 0.253 e. The molecule has 1 amide bonds. The van der Waals surface area contributed by atoms with E-state index in [0.29, 0.717) is 23.1 Å². The summed E-state index contributed by atoms with van der Waals surface area (Å²) in [4.78, 5) is 14.7. The summed E-state index contributed by atoms with van der Waals surface area (Å²) in [5.74, 6) is 1.54. The maximum atomic E-state index is 13.0. The third-order valence-electron chi connectivity index (χ3n) is 6.95. The maximum absolute atomic E-state index is 13.0. The van der Waals surface area contributed by atoms with Gasteiger partial charge >= 0.3 is 0 Å². The number of halogens is 1. The zero-order valence-electron chi connectivity index (χ0n) is 20.4. The average Bonchev–Trinajstić information content (AvgIpc) is 2.87. The van der Waals surface area contributed by atoms with Gasteiger partial charge in [0.25, 0.3) is 5.91 Å². The van der Waals surface area contributed by atoms with Crippen LogP contribution in [0.25, 0.3) is 11.1 Å². The van der Waals surface area contributed by atoms with E-state index >= 15 is 0 Å². The predicted octanol–water partition coefficient (Wildman–Crippen LogP) is 8.11. The molecule has 1 fully saturated rings. The van der Waals surface area contributed by atoms with Crippen LogP contribution in [0.1, 0.15) is 73.4 Å². The fraction of sp³-hybridized carbons (Fsp3) is 0.367. The largest absolute Gasteiger partial charge is 0.489 e. The van der Waals surface area contributed by atoms with Gasteiger partial charge in [0, 0.05) is 23.7 Å². The zero-order valence-corrected chi connectivity index (χ0v) is 21.1. The molecular formula is C30H34ClNO2. The van der Waals surface area contributed by atoms with Crippen molar-refractivity contribution in [3.05, 3.63) is 88.4 Å². The van der Waals surface area contributed by atoms with E-state index in [2.05, 4.69) is 24.3 Å².